The van der Waals surface area contributed by atoms with Crippen LogP contribution in [0.15, 0.2) is 73.3 Å². The van der Waals surface area contributed by atoms with Crippen molar-refractivity contribution in [1.82, 2.24) is 44.2 Å². The van der Waals surface area contributed by atoms with Crippen LogP contribution in [-0.2, 0) is 50.1 Å². The van der Waals surface area contributed by atoms with Crippen molar-refractivity contribution in [3.8, 4) is 0 Å². The van der Waals surface area contributed by atoms with E-state index < -0.39 is 35.1 Å². The number of ketones is 1. The maximum atomic E-state index is 15.2. The average Bonchev–Trinajstić information content (AvgIpc) is 1.92. The van der Waals surface area contributed by atoms with E-state index in [1.807, 2.05) is 40.2 Å². The summed E-state index contributed by atoms with van der Waals surface area (Å²) < 4.78 is 61.1. The lowest BCUT2D eigenvalue weighted by molar-refractivity contribution is -0.138. The van der Waals surface area contributed by atoms with Crippen molar-refractivity contribution in [2.24, 2.45) is 25.9 Å². The van der Waals surface area contributed by atoms with Crippen LogP contribution in [0, 0.1) is 49.0 Å². The van der Waals surface area contributed by atoms with Crippen LogP contribution in [0.1, 0.15) is 185 Å². The Kier molecular flexibility index (Phi) is 16.7. The molecule has 3 saturated heterocycles. The smallest absolute Gasteiger partial charge is 0.226 e. The molecule has 2 aromatic heterocycles. The molecule has 0 radical (unpaired) electrons. The number of Topliss-reactive ketones (excluding diaryl/α,β-unsaturated/α-hetero) is 1. The van der Waals surface area contributed by atoms with Gasteiger partial charge in [0.25, 0.3) is 0 Å². The Morgan fingerprint density at radius 1 is 0.591 bits per heavy atom. The highest BCUT2D eigenvalue weighted by atomic mass is 35.5. The zero-order chi connectivity index (χ0) is 62.5. The topological polar surface area (TPSA) is 143 Å². The summed E-state index contributed by atoms with van der Waals surface area (Å²) in [5.74, 6) is -2.29. The highest BCUT2D eigenvalue weighted by molar-refractivity contribution is 6.31. The Morgan fingerprint density at radius 3 is 1.47 bits per heavy atom. The number of aliphatic hydroxyl groups excluding tert-OH is 1. The van der Waals surface area contributed by atoms with E-state index in [0.717, 1.165) is 96.6 Å². The minimum Gasteiger partial charge on any atom is -0.393 e. The molecule has 2 spiro atoms. The maximum Gasteiger partial charge on any atom is 0.226 e. The van der Waals surface area contributed by atoms with E-state index in [1.165, 1.54) is 46.5 Å². The van der Waals surface area contributed by atoms with Gasteiger partial charge in [-0.2, -0.15) is 10.2 Å². The van der Waals surface area contributed by atoms with Crippen molar-refractivity contribution in [2.45, 2.75) is 176 Å². The molecule has 2 amide bonds. The molecule has 3 aliphatic heterocycles. The molecule has 2 saturated carbocycles. The number of amides is 2. The lowest BCUT2D eigenvalue weighted by Gasteiger charge is -2.42. The number of carbonyl (C=O) groups excluding carboxylic acids is 3. The number of benzene rings is 4. The third kappa shape index (κ3) is 11.1. The molecule has 0 bridgehead atoms. The highest BCUT2D eigenvalue weighted by Gasteiger charge is 2.55. The average molecular weight is 1250 g/mol. The second-order valence-electron chi connectivity index (χ2n) is 28.1. The predicted molar refractivity (Wildman–Crippen MR) is 329 cm³/mol. The van der Waals surface area contributed by atoms with Gasteiger partial charge in [-0.25, -0.2) is 27.5 Å². The van der Waals surface area contributed by atoms with Gasteiger partial charge in [0.15, 0.2) is 0 Å². The molecule has 19 heteroatoms. The number of likely N-dealkylation sites (tertiary alicyclic amines) is 3. The van der Waals surface area contributed by atoms with Gasteiger partial charge >= 0.3 is 0 Å². The standard InChI is InChI=1S/C37H46ClF2N5O2.C32H35ClF2N4O2/c1-22-15-29-30(19-32(22)38)37(20-31(29)36(2,3)35-41-21-42-43(35)4)9-13-45(14-10-37)34(47)28-18-24(44-11-7-25(46)8-12-44)17-27(28)26-6-5-23(39)16-33(26)40;1-18-11-24-25(15-27(18)33)32(16-26(24)31(2,3)30-36-17-37-38(30)4)7-9-39(10-8-32)29(41)23-14-20(40)13-22(23)21-6-5-19(34)12-28(21)35/h5-6,15-16,19,21,24-25,27-28,31,46H,7-14,17-18,20H2,1-4H3;5-6,11-12,15,17,22-23,26H,7-10,13-14,16H2,1-4H3/t24?,27-,28+,31-;22-,23+,26-/m00/s1. The Balaban J connectivity index is 0.000000173. The van der Waals surface area contributed by atoms with E-state index in [1.54, 1.807) is 12.7 Å². The van der Waals surface area contributed by atoms with Crippen LogP contribution >= 0.6 is 23.2 Å². The number of aliphatic hydroxyl groups is 1. The Labute approximate surface area is 523 Å². The molecule has 4 aromatic carbocycles. The number of hydrogen-bond acceptors (Lipinski definition) is 9. The molecule has 13 nitrogen and oxygen atoms in total. The third-order valence-corrected chi connectivity index (χ3v) is 23.2. The van der Waals surface area contributed by atoms with E-state index in [-0.39, 0.29) is 93.5 Å². The van der Waals surface area contributed by atoms with Gasteiger partial charge in [0.1, 0.15) is 53.4 Å². The first kappa shape index (κ1) is 62.2. The number of halogens is 6. The van der Waals surface area contributed by atoms with Crippen molar-refractivity contribution in [3.05, 3.63) is 163 Å². The summed E-state index contributed by atoms with van der Waals surface area (Å²) in [4.78, 5) is 56.2. The van der Waals surface area contributed by atoms with Crippen LogP contribution in [0.25, 0.3) is 0 Å². The molecule has 13 rings (SSSR count). The summed E-state index contributed by atoms with van der Waals surface area (Å²) in [5.41, 5.74) is 7.11. The van der Waals surface area contributed by atoms with Crippen LogP contribution in [0.3, 0.4) is 0 Å². The molecule has 7 aliphatic rings. The fourth-order valence-corrected chi connectivity index (χ4v) is 17.8. The van der Waals surface area contributed by atoms with E-state index in [9.17, 15) is 32.7 Å². The van der Waals surface area contributed by atoms with Crippen LogP contribution in [-0.4, -0.2) is 118 Å². The maximum absolute atomic E-state index is 15.2. The predicted octanol–water partition coefficient (Wildman–Crippen LogP) is 12.5. The largest absolute Gasteiger partial charge is 0.393 e. The van der Waals surface area contributed by atoms with Gasteiger partial charge in [0.2, 0.25) is 11.8 Å². The number of aromatic nitrogens is 6. The molecular weight excluding hydrogens is 1170 g/mol. The van der Waals surface area contributed by atoms with E-state index >= 15 is 4.39 Å². The van der Waals surface area contributed by atoms with Crippen molar-refractivity contribution in [3.63, 3.8) is 0 Å². The Hall–Kier alpha value is -6.01. The zero-order valence-electron chi connectivity index (χ0n) is 51.7. The molecule has 6 aromatic rings. The first-order valence-electron chi connectivity index (χ1n) is 31.5. The fraction of sp³-hybridized carbons (Fsp3) is 0.551. The number of hydrogen-bond donors (Lipinski definition) is 1. The van der Waals surface area contributed by atoms with Crippen LogP contribution in [0.5, 0.6) is 0 Å². The molecule has 7 atom stereocenters. The van der Waals surface area contributed by atoms with E-state index in [2.05, 4.69) is 83.9 Å². The minimum atomic E-state index is -0.702. The summed E-state index contributed by atoms with van der Waals surface area (Å²) in [7, 11) is 3.87. The molecule has 468 valence electrons. The molecule has 1 N–H and O–H groups in total. The monoisotopic (exact) mass is 1250 g/mol. The third-order valence-electron chi connectivity index (χ3n) is 22.4. The van der Waals surface area contributed by atoms with Gasteiger partial charge in [-0.3, -0.25) is 23.7 Å². The lowest BCUT2D eigenvalue weighted by Crippen LogP contribution is -2.47. The lowest BCUT2D eigenvalue weighted by atomic mass is 9.69. The van der Waals surface area contributed by atoms with Gasteiger partial charge in [-0.05, 0) is 175 Å². The second kappa shape index (κ2) is 23.7. The quantitative estimate of drug-likeness (QED) is 0.140. The van der Waals surface area contributed by atoms with Gasteiger partial charge in [-0.15, -0.1) is 0 Å². The summed E-state index contributed by atoms with van der Waals surface area (Å²) in [6.07, 6.45) is 10.9. The fourth-order valence-electron chi connectivity index (χ4n) is 17.4. The Bertz CT molecular complexity index is 3670. The second-order valence-corrected chi connectivity index (χ2v) is 28.9. The molecular formula is C69H81Cl2F4N9O4. The number of piperidine rings is 3. The summed E-state index contributed by atoms with van der Waals surface area (Å²) in [5, 5.41) is 20.3. The van der Waals surface area contributed by atoms with Crippen LogP contribution < -0.4 is 0 Å². The van der Waals surface area contributed by atoms with Crippen LogP contribution in [0.2, 0.25) is 10.0 Å². The number of nitrogens with zero attached hydrogens (tertiary/aromatic N) is 9. The number of fused-ring (bicyclic) bond motifs is 4. The molecule has 5 fully saturated rings. The SMILES string of the molecule is Cc1cc2c(cc1Cl)C1(CCN(C(=O)[C@@H]3CC(=O)C[C@H]3c3ccc(F)cc3F)CC1)C[C@@H]2C(C)(C)c1ncnn1C.Cc1cc2c(cc1Cl)C1(CCN(C(=O)[C@@H]3CC(N4CCC(O)CC4)C[C@H]3c3ccc(F)cc3F)CC1)C[C@@H]2C(C)(C)c1ncnn1C. The van der Waals surface area contributed by atoms with E-state index in [0.29, 0.717) is 57.4 Å². The number of rotatable bonds is 9. The molecule has 4 aliphatic carbocycles. The number of carbonyl (C=O) groups is 3. The molecule has 5 heterocycles. The highest BCUT2D eigenvalue weighted by Crippen LogP contribution is 2.60. The van der Waals surface area contributed by atoms with Crippen molar-refractivity contribution in [1.29, 1.82) is 0 Å². The zero-order valence-corrected chi connectivity index (χ0v) is 53.3. The van der Waals surface area contributed by atoms with Crippen LogP contribution in [0.4, 0.5) is 17.6 Å². The van der Waals surface area contributed by atoms with Gasteiger partial charge < -0.3 is 19.8 Å². The Morgan fingerprint density at radius 2 is 1.03 bits per heavy atom. The number of aryl methyl sites for hydroxylation is 4. The summed E-state index contributed by atoms with van der Waals surface area (Å²) >= 11 is 13.4. The van der Waals surface area contributed by atoms with E-state index in [4.69, 9.17) is 23.2 Å². The van der Waals surface area contributed by atoms with Crippen molar-refractivity contribution >= 4 is 40.8 Å². The minimum absolute atomic E-state index is 0.0610. The summed E-state index contributed by atoms with van der Waals surface area (Å²) in [6.45, 7) is 16.9. The first-order chi connectivity index (χ1) is 41.8. The first-order valence-corrected chi connectivity index (χ1v) is 32.3. The summed E-state index contributed by atoms with van der Waals surface area (Å²) in [6, 6.07) is 16.1. The van der Waals surface area contributed by atoms with Gasteiger partial charge in [-0.1, -0.05) is 75.2 Å². The van der Waals surface area contributed by atoms with Crippen molar-refractivity contribution < 1.29 is 37.1 Å². The molecule has 1 unspecified atom stereocenters. The van der Waals surface area contributed by atoms with Gasteiger partial charge in [0, 0.05) is 117 Å². The van der Waals surface area contributed by atoms with Crippen molar-refractivity contribution in [2.75, 3.05) is 39.3 Å². The van der Waals surface area contributed by atoms with Gasteiger partial charge in [0.05, 0.1) is 12.0 Å². The normalized spacial score (nSPS) is 25.4. The molecule has 88 heavy (non-hydrogen) atoms.